The standard InChI is InChI=1S/C12H9N3O2S/c13-10-8(16)2-1-3-9(10)17-11-7-4-5-18-12(7)15-6-14-11/h1-6,16H,13H2. The largest absolute Gasteiger partial charge is 0.506 e. The molecule has 0 fully saturated rings. The van der Waals surface area contributed by atoms with Crippen LogP contribution in [-0.2, 0) is 0 Å². The van der Waals surface area contributed by atoms with E-state index in [0.717, 1.165) is 10.2 Å². The van der Waals surface area contributed by atoms with Gasteiger partial charge in [-0.25, -0.2) is 9.97 Å². The van der Waals surface area contributed by atoms with Crippen LogP contribution in [0.2, 0.25) is 0 Å². The van der Waals surface area contributed by atoms with Gasteiger partial charge < -0.3 is 15.6 Å². The SMILES string of the molecule is Nc1c(O)cccc1Oc1ncnc2sccc12. The summed E-state index contributed by atoms with van der Waals surface area (Å²) in [5.41, 5.74) is 5.93. The first-order chi connectivity index (χ1) is 8.75. The van der Waals surface area contributed by atoms with E-state index in [1.54, 1.807) is 12.1 Å². The number of benzene rings is 1. The molecule has 0 spiro atoms. The third-order valence-corrected chi connectivity index (χ3v) is 3.30. The Morgan fingerprint density at radius 1 is 1.22 bits per heavy atom. The molecule has 0 amide bonds. The van der Waals surface area contributed by atoms with Crippen LogP contribution in [-0.4, -0.2) is 15.1 Å². The van der Waals surface area contributed by atoms with Gasteiger partial charge in [0.25, 0.3) is 0 Å². The van der Waals surface area contributed by atoms with Crippen LogP contribution in [0.1, 0.15) is 0 Å². The Morgan fingerprint density at radius 3 is 3.00 bits per heavy atom. The molecule has 0 saturated carbocycles. The molecule has 3 aromatic rings. The van der Waals surface area contributed by atoms with E-state index in [0.29, 0.717) is 11.6 Å². The minimum Gasteiger partial charge on any atom is -0.506 e. The molecule has 18 heavy (non-hydrogen) atoms. The molecule has 0 atom stereocenters. The van der Waals surface area contributed by atoms with E-state index in [2.05, 4.69) is 9.97 Å². The molecule has 0 saturated heterocycles. The topological polar surface area (TPSA) is 81.3 Å². The van der Waals surface area contributed by atoms with Crippen LogP contribution in [0.4, 0.5) is 5.69 Å². The first kappa shape index (κ1) is 10.8. The number of hydrogen-bond acceptors (Lipinski definition) is 6. The number of phenolic OH excluding ortho intramolecular Hbond substituents is 1. The summed E-state index contributed by atoms with van der Waals surface area (Å²) in [5, 5.41) is 12.3. The van der Waals surface area contributed by atoms with Gasteiger partial charge in [-0.1, -0.05) is 6.07 Å². The van der Waals surface area contributed by atoms with Crippen LogP contribution in [0.15, 0.2) is 36.0 Å². The Morgan fingerprint density at radius 2 is 2.11 bits per heavy atom. The quantitative estimate of drug-likeness (QED) is 0.546. The summed E-state index contributed by atoms with van der Waals surface area (Å²) in [7, 11) is 0. The molecule has 0 aliphatic carbocycles. The summed E-state index contributed by atoms with van der Waals surface area (Å²) in [6, 6.07) is 6.72. The van der Waals surface area contributed by atoms with Gasteiger partial charge in [0.05, 0.1) is 5.39 Å². The molecule has 0 aliphatic heterocycles. The van der Waals surface area contributed by atoms with Crippen molar-refractivity contribution in [2.45, 2.75) is 0 Å². The Kier molecular flexibility index (Phi) is 2.49. The number of nitrogen functional groups attached to an aromatic ring is 1. The Hall–Kier alpha value is -2.34. The molecule has 0 unspecified atom stereocenters. The van der Waals surface area contributed by atoms with Crippen molar-refractivity contribution in [1.29, 1.82) is 0 Å². The molecule has 3 N–H and O–H groups in total. The zero-order valence-corrected chi connectivity index (χ0v) is 10.0. The molecule has 2 aromatic heterocycles. The van der Waals surface area contributed by atoms with Crippen LogP contribution in [0.3, 0.4) is 0 Å². The highest BCUT2D eigenvalue weighted by Crippen LogP contribution is 2.35. The van der Waals surface area contributed by atoms with Crippen molar-refractivity contribution in [2.75, 3.05) is 5.73 Å². The highest BCUT2D eigenvalue weighted by atomic mass is 32.1. The maximum absolute atomic E-state index is 9.52. The summed E-state index contributed by atoms with van der Waals surface area (Å²) in [6.45, 7) is 0. The highest BCUT2D eigenvalue weighted by molar-refractivity contribution is 7.16. The number of rotatable bonds is 2. The molecule has 0 bridgehead atoms. The summed E-state index contributed by atoms with van der Waals surface area (Å²) in [5.74, 6) is 0.794. The van der Waals surface area contributed by atoms with Crippen LogP contribution in [0.5, 0.6) is 17.4 Å². The normalized spacial score (nSPS) is 10.7. The van der Waals surface area contributed by atoms with Crippen molar-refractivity contribution in [3.05, 3.63) is 36.0 Å². The van der Waals surface area contributed by atoms with E-state index in [-0.39, 0.29) is 11.4 Å². The second-order valence-electron chi connectivity index (χ2n) is 3.61. The summed E-state index contributed by atoms with van der Waals surface area (Å²) in [4.78, 5) is 9.06. The van der Waals surface area contributed by atoms with Gasteiger partial charge in [0, 0.05) is 0 Å². The predicted molar refractivity (Wildman–Crippen MR) is 70.0 cm³/mol. The first-order valence-electron chi connectivity index (χ1n) is 5.19. The van der Waals surface area contributed by atoms with Crippen molar-refractivity contribution >= 4 is 27.2 Å². The Balaban J connectivity index is 2.06. The number of nitrogens with zero attached hydrogens (tertiary/aromatic N) is 2. The van der Waals surface area contributed by atoms with E-state index in [1.165, 1.54) is 23.7 Å². The van der Waals surface area contributed by atoms with Gasteiger partial charge in [0.2, 0.25) is 5.88 Å². The summed E-state index contributed by atoms with van der Waals surface area (Å²) < 4.78 is 5.63. The highest BCUT2D eigenvalue weighted by Gasteiger charge is 2.10. The number of ether oxygens (including phenoxy) is 1. The maximum atomic E-state index is 9.52. The molecular formula is C12H9N3O2S. The van der Waals surface area contributed by atoms with Crippen LogP contribution < -0.4 is 10.5 Å². The smallest absolute Gasteiger partial charge is 0.231 e. The third kappa shape index (κ3) is 1.72. The molecule has 6 heteroatoms. The molecule has 90 valence electrons. The number of aromatic nitrogens is 2. The lowest BCUT2D eigenvalue weighted by atomic mass is 10.3. The van der Waals surface area contributed by atoms with Gasteiger partial charge in [-0.05, 0) is 23.6 Å². The van der Waals surface area contributed by atoms with Crippen molar-refractivity contribution in [3.63, 3.8) is 0 Å². The van der Waals surface area contributed by atoms with E-state index in [4.69, 9.17) is 10.5 Å². The number of fused-ring (bicyclic) bond motifs is 1. The molecule has 2 heterocycles. The number of aromatic hydroxyl groups is 1. The van der Waals surface area contributed by atoms with Crippen LogP contribution >= 0.6 is 11.3 Å². The number of para-hydroxylation sites is 1. The Labute approximate surface area is 106 Å². The van der Waals surface area contributed by atoms with E-state index in [9.17, 15) is 5.11 Å². The van der Waals surface area contributed by atoms with E-state index >= 15 is 0 Å². The Bertz CT molecular complexity index is 711. The zero-order chi connectivity index (χ0) is 12.5. The maximum Gasteiger partial charge on any atom is 0.231 e. The second-order valence-corrected chi connectivity index (χ2v) is 4.50. The van der Waals surface area contributed by atoms with Gasteiger partial charge in [-0.3, -0.25) is 0 Å². The molecule has 5 nitrogen and oxygen atoms in total. The monoisotopic (exact) mass is 259 g/mol. The van der Waals surface area contributed by atoms with Gasteiger partial charge in [0.15, 0.2) is 5.75 Å². The van der Waals surface area contributed by atoms with Crippen molar-refractivity contribution in [2.24, 2.45) is 0 Å². The van der Waals surface area contributed by atoms with Gasteiger partial charge >= 0.3 is 0 Å². The fourth-order valence-corrected chi connectivity index (χ4v) is 2.30. The van der Waals surface area contributed by atoms with Crippen LogP contribution in [0.25, 0.3) is 10.2 Å². The second kappa shape index (κ2) is 4.15. The van der Waals surface area contributed by atoms with Crippen molar-refractivity contribution in [1.82, 2.24) is 9.97 Å². The lowest BCUT2D eigenvalue weighted by molar-refractivity contribution is 0.453. The van der Waals surface area contributed by atoms with E-state index < -0.39 is 0 Å². The summed E-state index contributed by atoms with van der Waals surface area (Å²) in [6.07, 6.45) is 1.44. The number of nitrogens with two attached hydrogens (primary N) is 1. The number of anilines is 1. The minimum atomic E-state index is -0.0110. The predicted octanol–water partition coefficient (Wildman–Crippen LogP) is 2.77. The lowest BCUT2D eigenvalue weighted by Gasteiger charge is -2.08. The fourth-order valence-electron chi connectivity index (χ4n) is 1.57. The molecule has 0 radical (unpaired) electrons. The third-order valence-electron chi connectivity index (χ3n) is 2.47. The number of thiophene rings is 1. The van der Waals surface area contributed by atoms with E-state index in [1.807, 2.05) is 11.4 Å². The van der Waals surface area contributed by atoms with Gasteiger partial charge in [-0.15, -0.1) is 11.3 Å². The first-order valence-corrected chi connectivity index (χ1v) is 6.07. The average molecular weight is 259 g/mol. The molecule has 0 aliphatic rings. The van der Waals surface area contributed by atoms with Gasteiger partial charge in [0.1, 0.15) is 22.6 Å². The molecular weight excluding hydrogens is 250 g/mol. The number of phenols is 1. The van der Waals surface area contributed by atoms with Crippen molar-refractivity contribution in [3.8, 4) is 17.4 Å². The lowest BCUT2D eigenvalue weighted by Crippen LogP contribution is -1.94. The van der Waals surface area contributed by atoms with Crippen LogP contribution in [0, 0.1) is 0 Å². The minimum absolute atomic E-state index is 0.0110. The summed E-state index contributed by atoms with van der Waals surface area (Å²) >= 11 is 1.51. The van der Waals surface area contributed by atoms with Gasteiger partial charge in [-0.2, -0.15) is 0 Å². The number of hydrogen-bond donors (Lipinski definition) is 2. The molecule has 1 aromatic carbocycles. The fraction of sp³-hybridized carbons (Fsp3) is 0. The zero-order valence-electron chi connectivity index (χ0n) is 9.20. The average Bonchev–Trinajstić information content (AvgIpc) is 2.84. The van der Waals surface area contributed by atoms with Crippen molar-refractivity contribution < 1.29 is 9.84 Å². The molecule has 3 rings (SSSR count).